The molecule has 128 valence electrons. The number of likely N-dealkylation sites (N-methyl/N-ethyl adjacent to an activating group) is 1. The van der Waals surface area contributed by atoms with Gasteiger partial charge in [-0.2, -0.15) is 11.3 Å². The molecule has 1 aliphatic rings. The minimum absolute atomic E-state index is 0.248. The van der Waals surface area contributed by atoms with E-state index >= 15 is 0 Å². The van der Waals surface area contributed by atoms with Crippen molar-refractivity contribution < 1.29 is 4.79 Å². The fourth-order valence-corrected chi connectivity index (χ4v) is 3.72. The summed E-state index contributed by atoms with van der Waals surface area (Å²) >= 11 is 1.68. The molecule has 1 aliphatic heterocycles. The molecule has 7 heteroatoms. The number of amides is 1. The molecule has 0 saturated carbocycles. The first kappa shape index (κ1) is 16.9. The van der Waals surface area contributed by atoms with Gasteiger partial charge in [0.1, 0.15) is 11.6 Å². The van der Waals surface area contributed by atoms with Crippen LogP contribution in [-0.2, 0) is 17.8 Å². The first-order valence-electron chi connectivity index (χ1n) is 8.18. The Labute approximate surface area is 146 Å². The van der Waals surface area contributed by atoms with Crippen LogP contribution in [0.15, 0.2) is 29.1 Å². The lowest BCUT2D eigenvalue weighted by Gasteiger charge is -2.24. The minimum atomic E-state index is 0.248. The molecule has 0 bridgehead atoms. The van der Waals surface area contributed by atoms with Gasteiger partial charge in [0, 0.05) is 31.7 Å². The molecule has 3 rings (SSSR count). The van der Waals surface area contributed by atoms with E-state index in [1.54, 1.807) is 23.6 Å². The van der Waals surface area contributed by atoms with Crippen molar-refractivity contribution >= 4 is 23.1 Å². The van der Waals surface area contributed by atoms with Crippen LogP contribution in [0.25, 0.3) is 0 Å². The quantitative estimate of drug-likeness (QED) is 0.864. The highest BCUT2D eigenvalue weighted by molar-refractivity contribution is 7.07. The number of hydrogen-bond acceptors (Lipinski definition) is 6. The van der Waals surface area contributed by atoms with Gasteiger partial charge in [-0.05, 0) is 48.3 Å². The summed E-state index contributed by atoms with van der Waals surface area (Å²) in [7, 11) is 2.05. The standard InChI is InChI=1S/C17H23N5OS/c1-21(11-16-19-7-4-15(18)20-16)14-5-8-22(10-14)17(23)3-2-13-6-9-24-12-13/h4,6-7,9,12,14H,2-3,5,8,10-11H2,1H3,(H2,18,19,20)/t14-/m0/s1. The van der Waals surface area contributed by atoms with E-state index < -0.39 is 0 Å². The molecule has 0 radical (unpaired) electrons. The smallest absolute Gasteiger partial charge is 0.222 e. The molecule has 1 fully saturated rings. The zero-order valence-electron chi connectivity index (χ0n) is 13.9. The first-order valence-corrected chi connectivity index (χ1v) is 9.12. The van der Waals surface area contributed by atoms with Crippen molar-refractivity contribution in [1.29, 1.82) is 0 Å². The number of rotatable bonds is 6. The predicted molar refractivity (Wildman–Crippen MR) is 95.5 cm³/mol. The van der Waals surface area contributed by atoms with E-state index in [-0.39, 0.29) is 5.91 Å². The third-order valence-corrected chi connectivity index (χ3v) is 5.20. The summed E-state index contributed by atoms with van der Waals surface area (Å²) < 4.78 is 0. The predicted octanol–water partition coefficient (Wildman–Crippen LogP) is 1.79. The second-order valence-corrected chi connectivity index (χ2v) is 7.01. The summed E-state index contributed by atoms with van der Waals surface area (Å²) in [6, 6.07) is 4.12. The number of aromatic nitrogens is 2. The van der Waals surface area contributed by atoms with E-state index in [1.807, 2.05) is 4.90 Å². The number of thiophene rings is 1. The number of nitrogen functional groups attached to an aromatic ring is 1. The van der Waals surface area contributed by atoms with Crippen LogP contribution in [0.4, 0.5) is 5.82 Å². The maximum atomic E-state index is 12.4. The highest BCUT2D eigenvalue weighted by Crippen LogP contribution is 2.18. The summed E-state index contributed by atoms with van der Waals surface area (Å²) in [4.78, 5) is 25.1. The number of nitrogens with zero attached hydrogens (tertiary/aromatic N) is 4. The van der Waals surface area contributed by atoms with Gasteiger partial charge in [0.2, 0.25) is 5.91 Å². The molecule has 24 heavy (non-hydrogen) atoms. The summed E-state index contributed by atoms with van der Waals surface area (Å²) in [6.45, 7) is 2.25. The number of hydrogen-bond donors (Lipinski definition) is 1. The summed E-state index contributed by atoms with van der Waals surface area (Å²) in [5.41, 5.74) is 6.95. The molecule has 2 N–H and O–H groups in total. The molecule has 6 nitrogen and oxygen atoms in total. The van der Waals surface area contributed by atoms with Crippen LogP contribution in [0.2, 0.25) is 0 Å². The van der Waals surface area contributed by atoms with Crippen LogP contribution in [0.5, 0.6) is 0 Å². The highest BCUT2D eigenvalue weighted by atomic mass is 32.1. The number of carbonyl (C=O) groups is 1. The van der Waals surface area contributed by atoms with E-state index in [4.69, 9.17) is 5.73 Å². The number of aryl methyl sites for hydroxylation is 1. The maximum absolute atomic E-state index is 12.4. The Hall–Kier alpha value is -1.99. The van der Waals surface area contributed by atoms with E-state index in [0.29, 0.717) is 24.8 Å². The van der Waals surface area contributed by atoms with Crippen LogP contribution < -0.4 is 5.73 Å². The van der Waals surface area contributed by atoms with Gasteiger partial charge >= 0.3 is 0 Å². The number of likely N-dealkylation sites (tertiary alicyclic amines) is 1. The van der Waals surface area contributed by atoms with Crippen LogP contribution in [0.3, 0.4) is 0 Å². The summed E-state index contributed by atoms with van der Waals surface area (Å²) in [6.07, 6.45) is 4.09. The zero-order valence-corrected chi connectivity index (χ0v) is 14.7. The Morgan fingerprint density at radius 1 is 1.50 bits per heavy atom. The lowest BCUT2D eigenvalue weighted by molar-refractivity contribution is -0.130. The minimum Gasteiger partial charge on any atom is -0.384 e. The van der Waals surface area contributed by atoms with Crippen LogP contribution in [0, 0.1) is 0 Å². The largest absolute Gasteiger partial charge is 0.384 e. The number of anilines is 1. The van der Waals surface area contributed by atoms with Crippen molar-refractivity contribution in [3.63, 3.8) is 0 Å². The molecule has 0 spiro atoms. The lowest BCUT2D eigenvalue weighted by Crippen LogP contribution is -2.36. The molecule has 1 atom stereocenters. The third kappa shape index (κ3) is 4.30. The Bertz CT molecular complexity index is 675. The van der Waals surface area contributed by atoms with Gasteiger partial charge in [-0.15, -0.1) is 0 Å². The molecule has 3 heterocycles. The molecular weight excluding hydrogens is 322 g/mol. The summed E-state index contributed by atoms with van der Waals surface area (Å²) in [5.74, 6) is 1.46. The molecule has 1 amide bonds. The molecular formula is C17H23N5OS. The molecule has 0 aromatic carbocycles. The Morgan fingerprint density at radius 3 is 3.12 bits per heavy atom. The van der Waals surface area contributed by atoms with Crippen molar-refractivity contribution in [2.45, 2.75) is 31.8 Å². The van der Waals surface area contributed by atoms with Crippen LogP contribution >= 0.6 is 11.3 Å². The van der Waals surface area contributed by atoms with Crippen molar-refractivity contribution in [3.8, 4) is 0 Å². The number of nitrogens with two attached hydrogens (primary N) is 1. The summed E-state index contributed by atoms with van der Waals surface area (Å²) in [5, 5.41) is 4.17. The average Bonchev–Trinajstić information content (AvgIpc) is 3.24. The lowest BCUT2D eigenvalue weighted by atomic mass is 10.2. The monoisotopic (exact) mass is 345 g/mol. The van der Waals surface area contributed by atoms with E-state index in [9.17, 15) is 4.79 Å². The fraction of sp³-hybridized carbons (Fsp3) is 0.471. The Balaban J connectivity index is 1.48. The molecule has 1 saturated heterocycles. The SMILES string of the molecule is CN(Cc1nccc(N)n1)[C@H]1CCN(C(=O)CCc2ccsc2)C1. The molecule has 0 unspecified atom stereocenters. The van der Waals surface area contributed by atoms with Gasteiger partial charge in [-0.1, -0.05) is 0 Å². The van der Waals surface area contributed by atoms with Gasteiger partial charge in [-0.25, -0.2) is 9.97 Å². The van der Waals surface area contributed by atoms with E-state index in [0.717, 1.165) is 31.8 Å². The first-order chi connectivity index (χ1) is 11.6. The maximum Gasteiger partial charge on any atom is 0.222 e. The van der Waals surface area contributed by atoms with Crippen molar-refractivity contribution in [3.05, 3.63) is 40.5 Å². The second kappa shape index (κ2) is 7.72. The topological polar surface area (TPSA) is 75.4 Å². The van der Waals surface area contributed by atoms with Crippen molar-refractivity contribution in [2.75, 3.05) is 25.9 Å². The number of carbonyl (C=O) groups excluding carboxylic acids is 1. The van der Waals surface area contributed by atoms with Gasteiger partial charge in [0.15, 0.2) is 0 Å². The Kier molecular flexibility index (Phi) is 5.42. The fourth-order valence-electron chi connectivity index (χ4n) is 3.02. The van der Waals surface area contributed by atoms with Crippen LogP contribution in [0.1, 0.15) is 24.2 Å². The van der Waals surface area contributed by atoms with E-state index in [2.05, 4.69) is 38.7 Å². The van der Waals surface area contributed by atoms with Crippen molar-refractivity contribution in [2.24, 2.45) is 0 Å². The van der Waals surface area contributed by atoms with Gasteiger partial charge in [0.25, 0.3) is 0 Å². The van der Waals surface area contributed by atoms with Gasteiger partial charge < -0.3 is 10.6 Å². The van der Waals surface area contributed by atoms with Crippen molar-refractivity contribution in [1.82, 2.24) is 19.8 Å². The Morgan fingerprint density at radius 2 is 2.38 bits per heavy atom. The second-order valence-electron chi connectivity index (χ2n) is 6.23. The zero-order chi connectivity index (χ0) is 16.9. The molecule has 2 aromatic rings. The average molecular weight is 345 g/mol. The molecule has 2 aromatic heterocycles. The van der Waals surface area contributed by atoms with E-state index in [1.165, 1.54) is 5.56 Å². The molecule has 0 aliphatic carbocycles. The van der Waals surface area contributed by atoms with Gasteiger partial charge in [0.05, 0.1) is 6.54 Å². The third-order valence-electron chi connectivity index (χ3n) is 4.46. The van der Waals surface area contributed by atoms with Gasteiger partial charge in [-0.3, -0.25) is 9.69 Å². The normalized spacial score (nSPS) is 17.6. The van der Waals surface area contributed by atoms with Crippen LogP contribution in [-0.4, -0.2) is 51.9 Å². The highest BCUT2D eigenvalue weighted by Gasteiger charge is 2.28.